The summed E-state index contributed by atoms with van der Waals surface area (Å²) < 4.78 is -0.286. The Morgan fingerprint density at radius 3 is 1.21 bits per heavy atom. The summed E-state index contributed by atoms with van der Waals surface area (Å²) in [5.41, 5.74) is 10.9. The zero-order chi connectivity index (χ0) is 50.6. The van der Waals surface area contributed by atoms with Crippen LogP contribution in [0.25, 0.3) is 0 Å². The molecule has 0 heterocycles. The van der Waals surface area contributed by atoms with E-state index in [4.69, 9.17) is 21.7 Å². The van der Waals surface area contributed by atoms with E-state index in [2.05, 4.69) is 47.8 Å². The van der Waals surface area contributed by atoms with Gasteiger partial charge in [-0.25, -0.2) is 0 Å². The van der Waals surface area contributed by atoms with Gasteiger partial charge in [0.25, 0.3) is 23.6 Å². The number of carbonyl (C=O) groups is 4. The average molecular weight is 1140 g/mol. The normalized spacial score (nSPS) is 16.3. The fourth-order valence-corrected chi connectivity index (χ4v) is 9.82. The molecular formula is C41H54Br3N5O18. The Morgan fingerprint density at radius 1 is 0.478 bits per heavy atom. The standard InChI is InChI=1S/C41H54Br3N5O18/c42-30-28(38(45)64)31(43)33(32(44)29(30)39(46)65)49(11-23(55)15-51)41(67)20-5-7-21(8-6-20)48(10-22(54)14-50)40(66)19-3-1-18(2-4-19)9-47(12-24(56)34(60)36(62)26(58)16-52)13-25(57)35(61)37(63)27(59)17-53/h1-8,22-27,34-37,50-63H,9-17H2,(H2,45,64)(H2,46,65). The van der Waals surface area contributed by atoms with Crippen molar-refractivity contribution in [1.82, 2.24) is 4.90 Å². The van der Waals surface area contributed by atoms with Gasteiger partial charge in [-0.15, -0.1) is 0 Å². The molecule has 0 aliphatic rings. The monoisotopic (exact) mass is 1140 g/mol. The quantitative estimate of drug-likeness (QED) is 0.0363. The van der Waals surface area contributed by atoms with Crippen LogP contribution in [0, 0.1) is 0 Å². The van der Waals surface area contributed by atoms with E-state index in [9.17, 15) is 80.5 Å². The zero-order valence-electron chi connectivity index (χ0n) is 35.3. The molecule has 0 saturated carbocycles. The molecule has 0 spiro atoms. The lowest BCUT2D eigenvalue weighted by Crippen LogP contribution is -2.53. The molecule has 23 nitrogen and oxygen atoms in total. The van der Waals surface area contributed by atoms with Crippen LogP contribution in [0.2, 0.25) is 0 Å². The number of carbonyl (C=O) groups excluding carboxylic acids is 4. The third kappa shape index (κ3) is 14.7. The van der Waals surface area contributed by atoms with Gasteiger partial charge in [-0.2, -0.15) is 0 Å². The number of rotatable bonds is 26. The Hall–Kier alpha value is -3.62. The van der Waals surface area contributed by atoms with Crippen molar-refractivity contribution in [3.8, 4) is 0 Å². The number of halogens is 3. The van der Waals surface area contributed by atoms with E-state index >= 15 is 0 Å². The molecular weight excluding hydrogens is 1090 g/mol. The van der Waals surface area contributed by atoms with Crippen molar-refractivity contribution in [2.45, 2.75) is 67.6 Å². The molecule has 10 atom stereocenters. The van der Waals surface area contributed by atoms with Gasteiger partial charge in [0, 0.05) is 40.9 Å². The Morgan fingerprint density at radius 2 is 0.836 bits per heavy atom. The van der Waals surface area contributed by atoms with Gasteiger partial charge in [0.15, 0.2) is 0 Å². The molecule has 4 amide bonds. The number of benzene rings is 3. The van der Waals surface area contributed by atoms with Crippen LogP contribution < -0.4 is 21.3 Å². The number of hydrogen-bond acceptors (Lipinski definition) is 19. The second-order valence-corrected chi connectivity index (χ2v) is 17.7. The van der Waals surface area contributed by atoms with Gasteiger partial charge < -0.3 is 92.8 Å². The molecule has 3 rings (SSSR count). The van der Waals surface area contributed by atoms with E-state index in [1.807, 2.05) is 0 Å². The molecule has 0 aromatic heterocycles. The molecule has 0 bridgehead atoms. The summed E-state index contributed by atoms with van der Waals surface area (Å²) in [5.74, 6) is -3.64. The second kappa shape index (κ2) is 26.4. The molecule has 18 N–H and O–H groups in total. The molecule has 372 valence electrons. The Bertz CT molecular complexity index is 2070. The number of nitrogens with two attached hydrogens (primary N) is 2. The Balaban J connectivity index is 2.00. The van der Waals surface area contributed by atoms with Crippen LogP contribution in [0.4, 0.5) is 11.4 Å². The lowest BCUT2D eigenvalue weighted by atomic mass is 10.0. The van der Waals surface area contributed by atoms with Crippen LogP contribution in [0.1, 0.15) is 47.0 Å². The van der Waals surface area contributed by atoms with Crippen molar-refractivity contribution in [3.63, 3.8) is 0 Å². The maximum absolute atomic E-state index is 14.2. The highest BCUT2D eigenvalue weighted by Gasteiger charge is 2.36. The number of amides is 4. The van der Waals surface area contributed by atoms with E-state index in [0.29, 0.717) is 5.56 Å². The maximum atomic E-state index is 14.2. The van der Waals surface area contributed by atoms with Gasteiger partial charge >= 0.3 is 0 Å². The second-order valence-electron chi connectivity index (χ2n) is 15.3. The van der Waals surface area contributed by atoms with Crippen LogP contribution in [0.3, 0.4) is 0 Å². The van der Waals surface area contributed by atoms with Gasteiger partial charge in [0.05, 0.1) is 89.7 Å². The molecule has 10 unspecified atom stereocenters. The summed E-state index contributed by atoms with van der Waals surface area (Å²) in [6.07, 6.45) is -18.4. The zero-order valence-corrected chi connectivity index (χ0v) is 40.0. The number of anilines is 2. The van der Waals surface area contributed by atoms with Crippen molar-refractivity contribution in [2.75, 3.05) is 62.4 Å². The van der Waals surface area contributed by atoms with E-state index < -0.39 is 137 Å². The Kier molecular flexibility index (Phi) is 22.7. The van der Waals surface area contributed by atoms with Gasteiger partial charge in [-0.05, 0) is 89.8 Å². The first kappa shape index (κ1) is 57.7. The van der Waals surface area contributed by atoms with Gasteiger partial charge in [0.1, 0.15) is 36.6 Å². The van der Waals surface area contributed by atoms with E-state index in [1.54, 1.807) is 0 Å². The molecule has 0 aliphatic heterocycles. The van der Waals surface area contributed by atoms with Crippen LogP contribution in [-0.2, 0) is 6.54 Å². The summed E-state index contributed by atoms with van der Waals surface area (Å²) in [4.78, 5) is 56.5. The highest BCUT2D eigenvalue weighted by Crippen LogP contribution is 2.44. The number of aliphatic hydroxyl groups excluding tert-OH is 14. The van der Waals surface area contributed by atoms with Gasteiger partial charge in [0.2, 0.25) is 0 Å². The lowest BCUT2D eigenvalue weighted by molar-refractivity contribution is -0.131. The van der Waals surface area contributed by atoms with Crippen LogP contribution >= 0.6 is 47.8 Å². The summed E-state index contributed by atoms with van der Waals surface area (Å²) in [6.45, 7) is -5.89. The molecule has 0 radical (unpaired) electrons. The number of hydrogen-bond donors (Lipinski definition) is 16. The number of nitrogens with zero attached hydrogens (tertiary/aromatic N) is 3. The third-order valence-corrected chi connectivity index (χ3v) is 12.7. The van der Waals surface area contributed by atoms with Gasteiger partial charge in [-0.3, -0.25) is 24.1 Å². The minimum absolute atomic E-state index is 0.0124. The molecule has 3 aromatic rings. The lowest BCUT2D eigenvalue weighted by Gasteiger charge is -2.33. The maximum Gasteiger partial charge on any atom is 0.258 e. The summed E-state index contributed by atoms with van der Waals surface area (Å²) >= 11 is 9.67. The van der Waals surface area contributed by atoms with Crippen LogP contribution in [0.5, 0.6) is 0 Å². The van der Waals surface area contributed by atoms with Gasteiger partial charge in [-0.1, -0.05) is 12.1 Å². The van der Waals surface area contributed by atoms with Crippen molar-refractivity contribution in [1.29, 1.82) is 0 Å². The summed E-state index contributed by atoms with van der Waals surface area (Å²) in [6, 6.07) is 10.8. The predicted octanol–water partition coefficient (Wildman–Crippen LogP) is -4.15. The minimum atomic E-state index is -2.03. The fourth-order valence-electron chi connectivity index (χ4n) is 6.62. The molecule has 26 heteroatoms. The number of primary amides is 2. The van der Waals surface area contributed by atoms with Crippen molar-refractivity contribution >= 4 is 82.8 Å². The van der Waals surface area contributed by atoms with Crippen molar-refractivity contribution < 1.29 is 90.7 Å². The fraction of sp³-hybridized carbons (Fsp3) is 0.463. The smallest absolute Gasteiger partial charge is 0.258 e. The molecule has 3 aromatic carbocycles. The average Bonchev–Trinajstić information content (AvgIpc) is 3.30. The topological polar surface area (TPSA) is 413 Å². The molecule has 0 fully saturated rings. The first-order valence-electron chi connectivity index (χ1n) is 20.0. The highest BCUT2D eigenvalue weighted by atomic mass is 79.9. The molecule has 0 aliphatic carbocycles. The van der Waals surface area contributed by atoms with E-state index in [-0.39, 0.29) is 53.6 Å². The summed E-state index contributed by atoms with van der Waals surface area (Å²) in [7, 11) is 0. The van der Waals surface area contributed by atoms with Crippen molar-refractivity contribution in [3.05, 3.63) is 89.8 Å². The van der Waals surface area contributed by atoms with Crippen LogP contribution in [-0.4, -0.2) is 214 Å². The first-order chi connectivity index (χ1) is 31.4. The number of aliphatic hydroxyl groups is 14. The largest absolute Gasteiger partial charge is 0.394 e. The Labute approximate surface area is 407 Å². The van der Waals surface area contributed by atoms with Crippen molar-refractivity contribution in [2.24, 2.45) is 11.5 Å². The molecule has 0 saturated heterocycles. The molecule has 67 heavy (non-hydrogen) atoms. The first-order valence-corrected chi connectivity index (χ1v) is 22.4. The minimum Gasteiger partial charge on any atom is -0.394 e. The summed E-state index contributed by atoms with van der Waals surface area (Å²) in [5, 5.41) is 141. The third-order valence-electron chi connectivity index (χ3n) is 10.3. The van der Waals surface area contributed by atoms with E-state index in [0.717, 1.165) is 9.80 Å². The predicted molar refractivity (Wildman–Crippen MR) is 247 cm³/mol. The van der Waals surface area contributed by atoms with Crippen LogP contribution in [0.15, 0.2) is 61.9 Å². The van der Waals surface area contributed by atoms with E-state index in [1.165, 1.54) is 53.4 Å². The SMILES string of the molecule is NC(=O)c1c(Br)c(C(N)=O)c(Br)c(N(CC(O)CO)C(=O)c2ccc(N(CC(O)CO)C(=O)c3ccc(CN(CC(O)C(O)C(O)C(O)CO)CC(O)C(O)C(O)C(O)CO)cc3)cc2)c1Br. The highest BCUT2D eigenvalue weighted by molar-refractivity contribution is 9.11.